The van der Waals surface area contributed by atoms with Gasteiger partial charge in [0, 0.05) is 32.0 Å². The summed E-state index contributed by atoms with van der Waals surface area (Å²) in [4.78, 5) is 109. The molecule has 22 nitrogen and oxygen atoms in total. The lowest BCUT2D eigenvalue weighted by Crippen LogP contribution is -2.61. The Balaban J connectivity index is 2.63. The van der Waals surface area contributed by atoms with Crippen LogP contribution in [-0.4, -0.2) is 143 Å². The van der Waals surface area contributed by atoms with Crippen LogP contribution < -0.4 is 43.4 Å². The molecule has 0 radical (unpaired) electrons. The van der Waals surface area contributed by atoms with Gasteiger partial charge in [-0.2, -0.15) is 0 Å². The number of H-pyrrole nitrogens is 1. The minimum Gasteiger partial charge on any atom is -0.394 e. The van der Waals surface area contributed by atoms with Crippen molar-refractivity contribution in [2.45, 2.75) is 186 Å². The average molecular weight is 967 g/mol. The third kappa shape index (κ3) is 28.9. The van der Waals surface area contributed by atoms with Gasteiger partial charge in [-0.25, -0.2) is 4.98 Å². The Morgan fingerprint density at radius 1 is 0.632 bits per heavy atom. The van der Waals surface area contributed by atoms with E-state index in [-0.39, 0.29) is 45.0 Å². The van der Waals surface area contributed by atoms with Gasteiger partial charge < -0.3 is 68.0 Å². The summed E-state index contributed by atoms with van der Waals surface area (Å²) >= 11 is 0. The average Bonchev–Trinajstić information content (AvgIpc) is 3.82. The van der Waals surface area contributed by atoms with Gasteiger partial charge in [-0.15, -0.1) is 0 Å². The van der Waals surface area contributed by atoms with Gasteiger partial charge in [0.05, 0.1) is 44.6 Å². The summed E-state index contributed by atoms with van der Waals surface area (Å²) in [6.07, 6.45) is 18.3. The number of nitrogens with two attached hydrogens (primary N) is 2. The summed E-state index contributed by atoms with van der Waals surface area (Å²) in [6.45, 7) is 4.61. The van der Waals surface area contributed by atoms with Crippen molar-refractivity contribution in [2.24, 2.45) is 11.5 Å². The highest BCUT2D eigenvalue weighted by Crippen LogP contribution is 2.13. The van der Waals surface area contributed by atoms with Crippen LogP contribution in [-0.2, 0) is 54.3 Å². The van der Waals surface area contributed by atoms with E-state index in [0.29, 0.717) is 31.5 Å². The van der Waals surface area contributed by atoms with E-state index in [9.17, 15) is 48.6 Å². The lowest BCUT2D eigenvalue weighted by Gasteiger charge is -2.27. The highest BCUT2D eigenvalue weighted by atomic mass is 16.5. The molecule has 0 fully saturated rings. The molecule has 0 bridgehead atoms. The molecule has 0 saturated carbocycles. The number of aliphatic hydroxyl groups excluding tert-OH is 2. The maximum Gasteiger partial charge on any atom is 0.246 e. The largest absolute Gasteiger partial charge is 0.394 e. The summed E-state index contributed by atoms with van der Waals surface area (Å²) in [5.74, 6) is -6.31. The Kier molecular flexibility index (Phi) is 33.8. The first-order valence-electron chi connectivity index (χ1n) is 24.4. The number of rotatable bonds is 42. The molecule has 1 rings (SSSR count). The number of nitrogens with one attached hydrogen (secondary N) is 7. The van der Waals surface area contributed by atoms with Gasteiger partial charge in [0.25, 0.3) is 0 Å². The van der Waals surface area contributed by atoms with E-state index in [1.54, 1.807) is 0 Å². The molecule has 8 amide bonds. The molecular formula is C46H82N10O12. The number of hydrogen-bond donors (Lipinski definition) is 11. The Bertz CT molecular complexity index is 1620. The first kappa shape index (κ1) is 60.8. The van der Waals surface area contributed by atoms with Gasteiger partial charge in [-0.3, -0.25) is 38.4 Å². The van der Waals surface area contributed by atoms with E-state index in [0.717, 1.165) is 19.3 Å². The van der Waals surface area contributed by atoms with E-state index in [4.69, 9.17) is 20.9 Å². The number of imidazole rings is 1. The summed E-state index contributed by atoms with van der Waals surface area (Å²) in [5, 5.41) is 35.2. The van der Waals surface area contributed by atoms with Crippen molar-refractivity contribution < 1.29 is 58.0 Å². The van der Waals surface area contributed by atoms with Crippen molar-refractivity contribution in [3.63, 3.8) is 0 Å². The summed E-state index contributed by atoms with van der Waals surface area (Å²) in [5.41, 5.74) is 11.0. The number of nitrogens with zero attached hydrogens (tertiary/aromatic N) is 1. The number of ether oxygens (including phenoxy) is 2. The zero-order valence-corrected chi connectivity index (χ0v) is 40.6. The maximum absolute atomic E-state index is 13.7. The fourth-order valence-corrected chi connectivity index (χ4v) is 7.00. The molecule has 0 aliphatic carbocycles. The molecule has 1 aromatic rings. The minimum atomic E-state index is -1.59. The zero-order valence-electron chi connectivity index (χ0n) is 40.6. The van der Waals surface area contributed by atoms with Crippen LogP contribution in [0.1, 0.15) is 148 Å². The van der Waals surface area contributed by atoms with Crippen LogP contribution in [0, 0.1) is 0 Å². The van der Waals surface area contributed by atoms with E-state index in [2.05, 4.69) is 48.8 Å². The number of primary amides is 2. The molecule has 0 spiro atoms. The summed E-state index contributed by atoms with van der Waals surface area (Å²) < 4.78 is 10.8. The topological polar surface area (TPSA) is 348 Å². The van der Waals surface area contributed by atoms with Crippen molar-refractivity contribution in [3.8, 4) is 0 Å². The van der Waals surface area contributed by atoms with E-state index < -0.39 is 97.3 Å². The normalized spacial score (nSPS) is 13.8. The first-order chi connectivity index (χ1) is 32.6. The Labute approximate surface area is 401 Å². The van der Waals surface area contributed by atoms with E-state index in [1.807, 2.05) is 6.92 Å². The van der Waals surface area contributed by atoms with Gasteiger partial charge in [0.2, 0.25) is 47.3 Å². The lowest BCUT2D eigenvalue weighted by atomic mass is 10.0. The molecule has 0 aromatic carbocycles. The number of aliphatic hydroxyl groups is 2. The standard InChI is InChI=1S/C46H82N10O12/c1-4-6-8-9-10-11-12-13-14-15-16-17-18-20-39(60)50-23-24-67-25-26-68-30-40(61)56-41(32(3)58)46(66)53-35(21-22-38(47)59)43(63)54-36(27-33-28-49-31-51-33)44(64)55-37(29-57)45(65)52-34(42(48)62)19-7-5-2/h28,31-32,34-37,41,57-58H,4-27,29-30H2,1-3H3,(H2,47,59)(H2,48,62)(H,49,51)(H,50,60)(H,52,65)(H,53,66)(H,54,63)(H,55,64)(H,56,61)/t32-,34+,35+,36+,37+,41+/m1/s1. The first-order valence-corrected chi connectivity index (χ1v) is 24.4. The smallest absolute Gasteiger partial charge is 0.246 e. The highest BCUT2D eigenvalue weighted by molar-refractivity contribution is 5.96. The second-order valence-corrected chi connectivity index (χ2v) is 17.0. The van der Waals surface area contributed by atoms with Gasteiger partial charge in [-0.1, -0.05) is 104 Å². The second-order valence-electron chi connectivity index (χ2n) is 17.0. The van der Waals surface area contributed by atoms with Crippen molar-refractivity contribution in [2.75, 3.05) is 39.6 Å². The van der Waals surface area contributed by atoms with Crippen molar-refractivity contribution in [1.29, 1.82) is 0 Å². The number of carbonyl (C=O) groups excluding carboxylic acids is 8. The quantitative estimate of drug-likeness (QED) is 0.0394. The molecule has 22 heteroatoms. The van der Waals surface area contributed by atoms with Crippen molar-refractivity contribution >= 4 is 47.3 Å². The fourth-order valence-electron chi connectivity index (χ4n) is 7.00. The minimum absolute atomic E-state index is 0.00479. The molecule has 1 aromatic heterocycles. The summed E-state index contributed by atoms with van der Waals surface area (Å²) in [6, 6.07) is -7.23. The second kappa shape index (κ2) is 37.8. The maximum atomic E-state index is 13.7. The zero-order chi connectivity index (χ0) is 50.5. The predicted octanol–water partition coefficient (Wildman–Crippen LogP) is 0.321. The number of unbranched alkanes of at least 4 members (excludes halogenated alkanes) is 13. The number of aromatic amines is 1. The number of hydrogen-bond acceptors (Lipinski definition) is 13. The highest BCUT2D eigenvalue weighted by Gasteiger charge is 2.34. The molecule has 68 heavy (non-hydrogen) atoms. The van der Waals surface area contributed by atoms with Crippen LogP contribution in [0.2, 0.25) is 0 Å². The number of carbonyl (C=O) groups is 8. The summed E-state index contributed by atoms with van der Waals surface area (Å²) in [7, 11) is 0. The van der Waals surface area contributed by atoms with Crippen LogP contribution in [0.3, 0.4) is 0 Å². The van der Waals surface area contributed by atoms with Gasteiger partial charge in [0.1, 0.15) is 36.8 Å². The number of aromatic nitrogens is 2. The molecule has 6 atom stereocenters. The molecule has 13 N–H and O–H groups in total. The lowest BCUT2D eigenvalue weighted by molar-refractivity contribution is -0.137. The Hall–Kier alpha value is -5.19. The van der Waals surface area contributed by atoms with Crippen LogP contribution in [0.4, 0.5) is 0 Å². The molecule has 1 heterocycles. The van der Waals surface area contributed by atoms with Gasteiger partial charge in [0.15, 0.2) is 0 Å². The van der Waals surface area contributed by atoms with Gasteiger partial charge in [-0.05, 0) is 26.2 Å². The van der Waals surface area contributed by atoms with Gasteiger partial charge >= 0.3 is 0 Å². The number of amides is 8. The monoisotopic (exact) mass is 967 g/mol. The SMILES string of the molecule is CCCCCCCCCCCCCCCC(=O)NCCOCCOCC(=O)N[C@H](C(=O)N[C@@H](CCC(N)=O)C(=O)N[C@@H](Cc1c[nH]cn1)C(=O)N[C@@H](CO)C(=O)N[C@@H](CCCC)C(N)=O)[C@@H](C)O. The molecule has 0 aliphatic heterocycles. The van der Waals surface area contributed by atoms with Crippen LogP contribution in [0.25, 0.3) is 0 Å². The fraction of sp³-hybridized carbons (Fsp3) is 0.761. The molecule has 0 unspecified atom stereocenters. The molecular weight excluding hydrogens is 885 g/mol. The molecule has 0 aliphatic rings. The van der Waals surface area contributed by atoms with Crippen LogP contribution >= 0.6 is 0 Å². The Morgan fingerprint density at radius 2 is 1.18 bits per heavy atom. The van der Waals surface area contributed by atoms with Crippen LogP contribution in [0.5, 0.6) is 0 Å². The van der Waals surface area contributed by atoms with E-state index in [1.165, 1.54) is 83.7 Å². The third-order valence-corrected chi connectivity index (χ3v) is 11.0. The van der Waals surface area contributed by atoms with E-state index >= 15 is 0 Å². The van der Waals surface area contributed by atoms with Crippen molar-refractivity contribution in [1.82, 2.24) is 41.9 Å². The predicted molar refractivity (Wildman–Crippen MR) is 253 cm³/mol. The molecule has 388 valence electrons. The van der Waals surface area contributed by atoms with Crippen molar-refractivity contribution in [3.05, 3.63) is 18.2 Å². The third-order valence-electron chi connectivity index (χ3n) is 11.0. The van der Waals surface area contributed by atoms with Crippen LogP contribution in [0.15, 0.2) is 12.5 Å². The Morgan fingerprint density at radius 3 is 1.74 bits per heavy atom. The molecule has 0 saturated heterocycles.